The minimum Gasteiger partial charge on any atom is -0.493 e. The van der Waals surface area contributed by atoms with E-state index in [9.17, 15) is 13.2 Å². The Morgan fingerprint density at radius 2 is 1.35 bits per heavy atom. The summed E-state index contributed by atoms with van der Waals surface area (Å²) in [4.78, 5) is 12.8. The fourth-order valence-electron chi connectivity index (χ4n) is 3.65. The highest BCUT2D eigenvalue weighted by atomic mass is 32.2. The van der Waals surface area contributed by atoms with Crippen LogP contribution in [0.3, 0.4) is 0 Å². The molecule has 34 heavy (non-hydrogen) atoms. The Bertz CT molecular complexity index is 1150. The van der Waals surface area contributed by atoms with Crippen LogP contribution in [-0.2, 0) is 10.0 Å². The fourth-order valence-corrected chi connectivity index (χ4v) is 4.74. The molecule has 0 spiro atoms. The zero-order valence-corrected chi connectivity index (χ0v) is 20.6. The minimum absolute atomic E-state index is 0.00254. The largest absolute Gasteiger partial charge is 0.493 e. The summed E-state index contributed by atoms with van der Waals surface area (Å²) in [6.45, 7) is 2.75. The van der Waals surface area contributed by atoms with Gasteiger partial charge in [-0.15, -0.1) is 0 Å². The Morgan fingerprint density at radius 3 is 2.00 bits per heavy atom. The number of ketones is 1. The average Bonchev–Trinajstić information content (AvgIpc) is 2.86. The molecule has 0 atom stereocenters. The summed E-state index contributed by atoms with van der Waals surface area (Å²) in [5.41, 5.74) is 1.31. The lowest BCUT2D eigenvalue weighted by molar-refractivity contribution is -0.890. The van der Waals surface area contributed by atoms with Gasteiger partial charge < -0.3 is 9.22 Å². The normalized spacial score (nSPS) is 11.8. The molecule has 0 aliphatic rings. The molecule has 180 valence electrons. The summed E-state index contributed by atoms with van der Waals surface area (Å²) in [5, 5.41) is 0. The van der Waals surface area contributed by atoms with Gasteiger partial charge in [0.05, 0.1) is 38.7 Å². The minimum atomic E-state index is -3.45. The second-order valence-electron chi connectivity index (χ2n) is 8.87. The summed E-state index contributed by atoms with van der Waals surface area (Å²) in [6, 6.07) is 24.9. The van der Waals surface area contributed by atoms with E-state index in [0.717, 1.165) is 36.2 Å². The van der Waals surface area contributed by atoms with Gasteiger partial charge in [0.2, 0.25) is 10.0 Å². The molecule has 0 radical (unpaired) electrons. The van der Waals surface area contributed by atoms with Gasteiger partial charge in [-0.05, 0) is 36.4 Å². The number of carbonyl (C=O) groups is 1. The van der Waals surface area contributed by atoms with Crippen molar-refractivity contribution in [1.29, 1.82) is 0 Å². The van der Waals surface area contributed by atoms with E-state index in [4.69, 9.17) is 4.74 Å². The van der Waals surface area contributed by atoms with Crippen LogP contribution in [0.25, 0.3) is 0 Å². The first-order chi connectivity index (χ1) is 16.3. The molecule has 0 unspecified atom stereocenters. The smallest absolute Gasteiger partial charge is 0.240 e. The summed E-state index contributed by atoms with van der Waals surface area (Å²) in [7, 11) is 0.817. The van der Waals surface area contributed by atoms with Gasteiger partial charge in [-0.25, -0.2) is 13.1 Å². The SMILES string of the molecule is C[N+](C)(CCCNS(=O)(=O)c1ccccc1)CCCOc1ccc(C(=O)c2ccccc2)cc1. The van der Waals surface area contributed by atoms with Crippen LogP contribution in [-0.4, -0.2) is 59.0 Å². The van der Waals surface area contributed by atoms with Gasteiger partial charge >= 0.3 is 0 Å². The van der Waals surface area contributed by atoms with Crippen molar-refractivity contribution >= 4 is 15.8 Å². The van der Waals surface area contributed by atoms with Crippen molar-refractivity contribution in [1.82, 2.24) is 4.72 Å². The third-order valence-electron chi connectivity index (χ3n) is 5.61. The van der Waals surface area contributed by atoms with E-state index in [2.05, 4.69) is 18.8 Å². The lowest BCUT2D eigenvalue weighted by Crippen LogP contribution is -2.43. The van der Waals surface area contributed by atoms with Crippen molar-refractivity contribution in [3.05, 3.63) is 96.1 Å². The van der Waals surface area contributed by atoms with Crippen LogP contribution in [0.2, 0.25) is 0 Å². The highest BCUT2D eigenvalue weighted by molar-refractivity contribution is 7.89. The number of hydrogen-bond acceptors (Lipinski definition) is 4. The Balaban J connectivity index is 1.35. The molecule has 0 aliphatic carbocycles. The number of ether oxygens (including phenoxy) is 1. The van der Waals surface area contributed by atoms with Gasteiger partial charge in [-0.1, -0.05) is 48.5 Å². The maximum atomic E-state index is 12.5. The van der Waals surface area contributed by atoms with Crippen molar-refractivity contribution in [3.8, 4) is 5.75 Å². The second-order valence-corrected chi connectivity index (χ2v) is 10.6. The molecule has 0 aromatic heterocycles. The van der Waals surface area contributed by atoms with Crippen LogP contribution < -0.4 is 9.46 Å². The second kappa shape index (κ2) is 11.9. The van der Waals surface area contributed by atoms with E-state index < -0.39 is 10.0 Å². The number of sulfonamides is 1. The maximum absolute atomic E-state index is 12.5. The van der Waals surface area contributed by atoms with Gasteiger partial charge in [0.15, 0.2) is 5.78 Å². The molecule has 3 aromatic carbocycles. The van der Waals surface area contributed by atoms with E-state index in [1.165, 1.54) is 0 Å². The average molecular weight is 482 g/mol. The van der Waals surface area contributed by atoms with Crippen LogP contribution in [0.4, 0.5) is 0 Å². The van der Waals surface area contributed by atoms with Crippen molar-refractivity contribution in [3.63, 3.8) is 0 Å². The standard InChI is InChI=1S/C27H33N2O4S/c1-29(2,20-9-19-28-34(31,32)26-13-7-4-8-14-26)21-10-22-33-25-17-15-24(16-18-25)27(30)23-11-5-3-6-12-23/h3-8,11-18,28H,9-10,19-22H2,1-2H3/q+1. The number of rotatable bonds is 13. The number of nitrogens with zero attached hydrogens (tertiary/aromatic N) is 1. The molecule has 7 heteroatoms. The number of hydrogen-bond donors (Lipinski definition) is 1. The van der Waals surface area contributed by atoms with Gasteiger partial charge in [0, 0.05) is 30.5 Å². The third kappa shape index (κ3) is 7.80. The Kier molecular flexibility index (Phi) is 8.98. The molecule has 6 nitrogen and oxygen atoms in total. The van der Waals surface area contributed by atoms with Crippen LogP contribution in [0.15, 0.2) is 89.8 Å². The molecule has 0 aliphatic heterocycles. The first-order valence-electron chi connectivity index (χ1n) is 11.5. The van der Waals surface area contributed by atoms with Crippen LogP contribution in [0, 0.1) is 0 Å². The van der Waals surface area contributed by atoms with E-state index in [0.29, 0.717) is 29.2 Å². The molecule has 0 saturated carbocycles. The van der Waals surface area contributed by atoms with Gasteiger partial charge in [0.1, 0.15) is 5.75 Å². The predicted octanol–water partition coefficient (Wildman–Crippen LogP) is 4.13. The molecule has 3 aromatic rings. The number of nitrogens with one attached hydrogen (secondary N) is 1. The van der Waals surface area contributed by atoms with Crippen LogP contribution in [0.1, 0.15) is 28.8 Å². The number of carbonyl (C=O) groups excluding carboxylic acids is 1. The highest BCUT2D eigenvalue weighted by Crippen LogP contribution is 2.16. The van der Waals surface area contributed by atoms with Crippen molar-refractivity contribution < 1.29 is 22.4 Å². The summed E-state index contributed by atoms with van der Waals surface area (Å²) in [6.07, 6.45) is 1.62. The number of quaternary nitrogens is 1. The van der Waals surface area contributed by atoms with Crippen molar-refractivity contribution in [2.45, 2.75) is 17.7 Å². The molecule has 3 rings (SSSR count). The predicted molar refractivity (Wildman–Crippen MR) is 135 cm³/mol. The fraction of sp³-hybridized carbons (Fsp3) is 0.296. The topological polar surface area (TPSA) is 72.5 Å². The van der Waals surface area contributed by atoms with Crippen molar-refractivity contribution in [2.24, 2.45) is 0 Å². The molecule has 0 heterocycles. The lowest BCUT2D eigenvalue weighted by atomic mass is 10.0. The molecule has 0 amide bonds. The molecule has 1 N–H and O–H groups in total. The zero-order valence-electron chi connectivity index (χ0n) is 19.8. The van der Waals surface area contributed by atoms with E-state index in [1.54, 1.807) is 42.5 Å². The van der Waals surface area contributed by atoms with Crippen LogP contribution >= 0.6 is 0 Å². The van der Waals surface area contributed by atoms with Gasteiger partial charge in [-0.3, -0.25) is 4.79 Å². The maximum Gasteiger partial charge on any atom is 0.240 e. The zero-order chi connectivity index (χ0) is 24.4. The molecule has 0 bridgehead atoms. The highest BCUT2D eigenvalue weighted by Gasteiger charge is 2.17. The van der Waals surface area contributed by atoms with E-state index >= 15 is 0 Å². The quantitative estimate of drug-likeness (QED) is 0.226. The van der Waals surface area contributed by atoms with Crippen molar-refractivity contribution in [2.75, 3.05) is 40.3 Å². The molecular weight excluding hydrogens is 448 g/mol. The summed E-state index contributed by atoms with van der Waals surface area (Å²) < 4.78 is 33.9. The Hall–Kier alpha value is -3.00. The number of benzene rings is 3. The molecule has 0 fully saturated rings. The lowest BCUT2D eigenvalue weighted by Gasteiger charge is -2.29. The summed E-state index contributed by atoms with van der Waals surface area (Å²) >= 11 is 0. The van der Waals surface area contributed by atoms with E-state index in [-0.39, 0.29) is 5.78 Å². The molecular formula is C27H33N2O4S+. The summed E-state index contributed by atoms with van der Waals surface area (Å²) in [5.74, 6) is 0.738. The Labute approximate surface area is 202 Å². The molecule has 0 saturated heterocycles. The van der Waals surface area contributed by atoms with Gasteiger partial charge in [0.25, 0.3) is 0 Å². The Morgan fingerprint density at radius 1 is 0.794 bits per heavy atom. The first kappa shape index (κ1) is 25.6. The van der Waals surface area contributed by atoms with Crippen LogP contribution in [0.5, 0.6) is 5.75 Å². The third-order valence-corrected chi connectivity index (χ3v) is 7.09. The van der Waals surface area contributed by atoms with Gasteiger partial charge in [-0.2, -0.15) is 0 Å². The monoisotopic (exact) mass is 481 g/mol. The van der Waals surface area contributed by atoms with E-state index in [1.807, 2.05) is 42.5 Å². The first-order valence-corrected chi connectivity index (χ1v) is 12.9.